The molecule has 0 radical (unpaired) electrons. The van der Waals surface area contributed by atoms with Crippen LogP contribution in [0, 0.1) is 0 Å². The number of hydrogen-bond acceptors (Lipinski definition) is 4. The van der Waals surface area contributed by atoms with Crippen molar-refractivity contribution in [2.75, 3.05) is 26.3 Å². The Morgan fingerprint density at radius 1 is 1.40 bits per heavy atom. The Balaban J connectivity index is 1.81. The second-order valence-electron chi connectivity index (χ2n) is 3.45. The van der Waals surface area contributed by atoms with Gasteiger partial charge in [0.25, 0.3) is 0 Å². The van der Waals surface area contributed by atoms with Crippen molar-refractivity contribution in [2.45, 2.75) is 6.54 Å². The molecule has 0 aliphatic carbocycles. The SMILES string of the molecule is Brc1cncc(CNN2CCOCC2)c1. The van der Waals surface area contributed by atoms with Crippen LogP contribution in [0.25, 0.3) is 0 Å². The summed E-state index contributed by atoms with van der Waals surface area (Å²) in [6, 6.07) is 2.07. The van der Waals surface area contributed by atoms with Gasteiger partial charge in [0.15, 0.2) is 0 Å². The molecule has 0 amide bonds. The zero-order valence-electron chi connectivity index (χ0n) is 8.45. The Bertz CT molecular complexity index is 315. The van der Waals surface area contributed by atoms with E-state index in [2.05, 4.69) is 37.4 Å². The smallest absolute Gasteiger partial charge is 0.0608 e. The summed E-state index contributed by atoms with van der Waals surface area (Å²) in [4.78, 5) is 4.12. The van der Waals surface area contributed by atoms with Crippen LogP contribution in [0.4, 0.5) is 0 Å². The first-order valence-corrected chi connectivity index (χ1v) is 5.79. The van der Waals surface area contributed by atoms with Gasteiger partial charge >= 0.3 is 0 Å². The summed E-state index contributed by atoms with van der Waals surface area (Å²) in [6.07, 6.45) is 3.66. The van der Waals surface area contributed by atoms with E-state index in [1.54, 1.807) is 6.20 Å². The number of ether oxygens (including phenoxy) is 1. The van der Waals surface area contributed by atoms with Gasteiger partial charge in [-0.15, -0.1) is 0 Å². The number of pyridine rings is 1. The lowest BCUT2D eigenvalue weighted by Gasteiger charge is -2.27. The highest BCUT2D eigenvalue weighted by atomic mass is 79.9. The summed E-state index contributed by atoms with van der Waals surface area (Å²) in [5, 5.41) is 2.18. The Hall–Kier alpha value is -0.490. The lowest BCUT2D eigenvalue weighted by molar-refractivity contribution is 0.0105. The molecule has 2 rings (SSSR count). The predicted molar refractivity (Wildman–Crippen MR) is 61.2 cm³/mol. The van der Waals surface area contributed by atoms with Gasteiger partial charge < -0.3 is 4.74 Å². The first-order valence-electron chi connectivity index (χ1n) is 5.00. The third kappa shape index (κ3) is 3.53. The molecular weight excluding hydrogens is 258 g/mol. The zero-order chi connectivity index (χ0) is 10.5. The molecule has 0 spiro atoms. The van der Waals surface area contributed by atoms with Gasteiger partial charge in [-0.3, -0.25) is 10.4 Å². The average Bonchev–Trinajstić information content (AvgIpc) is 2.28. The van der Waals surface area contributed by atoms with E-state index >= 15 is 0 Å². The lowest BCUT2D eigenvalue weighted by Crippen LogP contribution is -2.45. The summed E-state index contributed by atoms with van der Waals surface area (Å²) in [7, 11) is 0. The maximum atomic E-state index is 5.27. The van der Waals surface area contributed by atoms with Crippen molar-refractivity contribution in [3.63, 3.8) is 0 Å². The highest BCUT2D eigenvalue weighted by Gasteiger charge is 2.09. The van der Waals surface area contributed by atoms with E-state index < -0.39 is 0 Å². The number of aromatic nitrogens is 1. The molecule has 1 fully saturated rings. The number of morpholine rings is 1. The van der Waals surface area contributed by atoms with Gasteiger partial charge in [-0.2, -0.15) is 0 Å². The number of hydrazine groups is 1. The normalized spacial score (nSPS) is 17.9. The van der Waals surface area contributed by atoms with Gasteiger partial charge in [-0.25, -0.2) is 5.01 Å². The fourth-order valence-electron chi connectivity index (χ4n) is 1.48. The van der Waals surface area contributed by atoms with E-state index in [-0.39, 0.29) is 0 Å². The van der Waals surface area contributed by atoms with Crippen LogP contribution in [-0.2, 0) is 11.3 Å². The zero-order valence-corrected chi connectivity index (χ0v) is 10.0. The number of nitrogens with zero attached hydrogens (tertiary/aromatic N) is 2. The molecule has 1 aromatic heterocycles. The van der Waals surface area contributed by atoms with Gasteiger partial charge in [0.2, 0.25) is 0 Å². The molecule has 0 saturated carbocycles. The summed E-state index contributed by atoms with van der Waals surface area (Å²) in [5.41, 5.74) is 4.53. The van der Waals surface area contributed by atoms with Crippen molar-refractivity contribution in [2.24, 2.45) is 0 Å². The summed E-state index contributed by atoms with van der Waals surface area (Å²) >= 11 is 3.40. The maximum absolute atomic E-state index is 5.27. The van der Waals surface area contributed by atoms with Crippen LogP contribution < -0.4 is 5.43 Å². The van der Waals surface area contributed by atoms with Crippen LogP contribution in [0.2, 0.25) is 0 Å². The largest absolute Gasteiger partial charge is 0.379 e. The first kappa shape index (κ1) is 11.0. The fraction of sp³-hybridized carbons (Fsp3) is 0.500. The third-order valence-corrected chi connectivity index (χ3v) is 2.71. The van der Waals surface area contributed by atoms with Crippen molar-refractivity contribution in [1.82, 2.24) is 15.4 Å². The topological polar surface area (TPSA) is 37.4 Å². The Morgan fingerprint density at radius 2 is 2.20 bits per heavy atom. The van der Waals surface area contributed by atoms with E-state index in [1.165, 1.54) is 5.56 Å². The molecule has 1 aliphatic heterocycles. The minimum atomic E-state index is 0.809. The van der Waals surface area contributed by atoms with Crippen LogP contribution in [0.15, 0.2) is 22.9 Å². The van der Waals surface area contributed by atoms with Crippen LogP contribution >= 0.6 is 15.9 Å². The number of nitrogens with one attached hydrogen (secondary N) is 1. The second-order valence-corrected chi connectivity index (χ2v) is 4.36. The van der Waals surface area contributed by atoms with Gasteiger partial charge in [0.05, 0.1) is 13.2 Å². The Labute approximate surface area is 97.7 Å². The maximum Gasteiger partial charge on any atom is 0.0608 e. The average molecular weight is 272 g/mol. The molecule has 0 aromatic carbocycles. The van der Waals surface area contributed by atoms with E-state index in [0.29, 0.717) is 0 Å². The quantitative estimate of drug-likeness (QED) is 0.896. The molecule has 4 nitrogen and oxygen atoms in total. The van der Waals surface area contributed by atoms with Gasteiger partial charge in [-0.1, -0.05) is 0 Å². The summed E-state index contributed by atoms with van der Waals surface area (Å²) in [6.45, 7) is 4.32. The molecule has 82 valence electrons. The van der Waals surface area contributed by atoms with Crippen molar-refractivity contribution >= 4 is 15.9 Å². The Kier molecular flexibility index (Phi) is 4.08. The molecule has 1 N–H and O–H groups in total. The van der Waals surface area contributed by atoms with E-state index in [1.807, 2.05) is 6.20 Å². The standard InChI is InChI=1S/C10H14BrN3O/c11-10-5-9(6-12-8-10)7-13-14-1-3-15-4-2-14/h5-6,8,13H,1-4,7H2. The molecule has 1 aromatic rings. The minimum absolute atomic E-state index is 0.809. The van der Waals surface area contributed by atoms with Crippen LogP contribution in [0.3, 0.4) is 0 Å². The highest BCUT2D eigenvalue weighted by molar-refractivity contribution is 9.10. The van der Waals surface area contributed by atoms with Crippen molar-refractivity contribution < 1.29 is 4.74 Å². The first-order chi connectivity index (χ1) is 7.34. The van der Waals surface area contributed by atoms with Gasteiger partial charge in [-0.05, 0) is 27.6 Å². The van der Waals surface area contributed by atoms with Gasteiger partial charge in [0, 0.05) is 36.5 Å². The second kappa shape index (κ2) is 5.55. The predicted octanol–water partition coefficient (Wildman–Crippen LogP) is 1.18. The third-order valence-electron chi connectivity index (χ3n) is 2.28. The van der Waals surface area contributed by atoms with Gasteiger partial charge in [0.1, 0.15) is 0 Å². The molecule has 0 unspecified atom stereocenters. The Morgan fingerprint density at radius 3 is 2.93 bits per heavy atom. The molecule has 1 saturated heterocycles. The molecular formula is C10H14BrN3O. The summed E-state index contributed by atoms with van der Waals surface area (Å²) < 4.78 is 6.29. The minimum Gasteiger partial charge on any atom is -0.379 e. The summed E-state index contributed by atoms with van der Waals surface area (Å²) in [5.74, 6) is 0. The molecule has 0 bridgehead atoms. The molecule has 15 heavy (non-hydrogen) atoms. The van der Waals surface area contributed by atoms with Crippen molar-refractivity contribution in [3.8, 4) is 0 Å². The number of hydrogen-bond donors (Lipinski definition) is 1. The van der Waals surface area contributed by atoms with E-state index in [9.17, 15) is 0 Å². The monoisotopic (exact) mass is 271 g/mol. The number of rotatable bonds is 3. The van der Waals surface area contributed by atoms with Crippen molar-refractivity contribution in [3.05, 3.63) is 28.5 Å². The van der Waals surface area contributed by atoms with Crippen LogP contribution in [0.5, 0.6) is 0 Å². The number of halogens is 1. The van der Waals surface area contributed by atoms with E-state index in [0.717, 1.165) is 37.3 Å². The lowest BCUT2D eigenvalue weighted by atomic mass is 10.3. The molecule has 5 heteroatoms. The molecule has 1 aliphatic rings. The molecule has 2 heterocycles. The highest BCUT2D eigenvalue weighted by Crippen LogP contribution is 2.09. The van der Waals surface area contributed by atoms with Crippen LogP contribution in [0.1, 0.15) is 5.56 Å². The molecule has 0 atom stereocenters. The van der Waals surface area contributed by atoms with Crippen molar-refractivity contribution in [1.29, 1.82) is 0 Å². The van der Waals surface area contributed by atoms with Crippen LogP contribution in [-0.4, -0.2) is 36.3 Å². The fourth-order valence-corrected chi connectivity index (χ4v) is 1.89. The van der Waals surface area contributed by atoms with E-state index in [4.69, 9.17) is 4.74 Å².